The molecule has 3 rings (SSSR count). The van der Waals surface area contributed by atoms with Gasteiger partial charge in [-0.1, -0.05) is 17.7 Å². The van der Waals surface area contributed by atoms with Crippen molar-refractivity contribution in [1.82, 2.24) is 24.5 Å². The van der Waals surface area contributed by atoms with Crippen LogP contribution < -0.4 is 4.74 Å². The number of aromatic nitrogens is 4. The normalized spacial score (nSPS) is 10.9. The third-order valence-corrected chi connectivity index (χ3v) is 5.20. The smallest absolute Gasteiger partial charge is 0.274 e. The number of nitrogens with zero attached hydrogens (tertiary/aromatic N) is 5. The number of amides is 1. The first-order valence-electron chi connectivity index (χ1n) is 8.77. The number of hydrogen-bond acceptors (Lipinski definition) is 4. The Hall–Kier alpha value is -2.32. The van der Waals surface area contributed by atoms with E-state index in [1.807, 2.05) is 30.7 Å². The lowest BCUT2D eigenvalue weighted by molar-refractivity contribution is 0.0773. The minimum atomic E-state index is -0.178. The topological polar surface area (TPSA) is 65.2 Å². The van der Waals surface area contributed by atoms with Gasteiger partial charge in [0.2, 0.25) is 0 Å². The molecule has 2 heterocycles. The Bertz CT molecular complexity index is 985. The molecule has 1 amide bonds. The molecule has 3 aromatic rings. The van der Waals surface area contributed by atoms with E-state index in [2.05, 4.69) is 26.1 Å². The Labute approximate surface area is 177 Å². The van der Waals surface area contributed by atoms with Crippen LogP contribution in [-0.2, 0) is 19.8 Å². The van der Waals surface area contributed by atoms with Crippen molar-refractivity contribution < 1.29 is 9.53 Å². The number of carbonyl (C=O) groups is 1. The molecule has 0 saturated heterocycles. The van der Waals surface area contributed by atoms with E-state index in [9.17, 15) is 4.79 Å². The van der Waals surface area contributed by atoms with Crippen LogP contribution in [0.2, 0.25) is 5.02 Å². The maximum atomic E-state index is 12.7. The van der Waals surface area contributed by atoms with E-state index in [1.54, 1.807) is 41.2 Å². The molecule has 0 bridgehead atoms. The zero-order valence-corrected chi connectivity index (χ0v) is 18.2. The molecule has 1 aromatic carbocycles. The van der Waals surface area contributed by atoms with Gasteiger partial charge in [-0.25, -0.2) is 4.68 Å². The predicted octanol–water partition coefficient (Wildman–Crippen LogP) is 4.13. The van der Waals surface area contributed by atoms with Gasteiger partial charge >= 0.3 is 0 Å². The third-order valence-electron chi connectivity index (χ3n) is 4.23. The molecule has 0 aliphatic heterocycles. The summed E-state index contributed by atoms with van der Waals surface area (Å²) in [7, 11) is 1.74. The lowest BCUT2D eigenvalue weighted by Crippen LogP contribution is -2.28. The monoisotopic (exact) mass is 465 g/mol. The van der Waals surface area contributed by atoms with Crippen LogP contribution >= 0.6 is 27.5 Å². The quantitative estimate of drug-likeness (QED) is 0.525. The summed E-state index contributed by atoms with van der Waals surface area (Å²) in [6.45, 7) is 5.29. The minimum absolute atomic E-state index is 0.161. The SMILES string of the molecule is CCn1ncc(Br)c1CN(C)C(=O)c1ccn(COc2cc(C)ccc2Cl)n1. The summed E-state index contributed by atoms with van der Waals surface area (Å²) in [6.07, 6.45) is 3.44. The average Bonchev–Trinajstić information content (AvgIpc) is 3.29. The molecule has 0 aliphatic rings. The van der Waals surface area contributed by atoms with Gasteiger partial charge in [-0.2, -0.15) is 10.2 Å². The van der Waals surface area contributed by atoms with Crippen LogP contribution in [0.3, 0.4) is 0 Å². The predicted molar refractivity (Wildman–Crippen MR) is 110 cm³/mol. The number of carbonyl (C=O) groups excluding carboxylic acids is 1. The number of halogens is 2. The highest BCUT2D eigenvalue weighted by molar-refractivity contribution is 9.10. The van der Waals surface area contributed by atoms with E-state index in [1.165, 1.54) is 0 Å². The van der Waals surface area contributed by atoms with Crippen molar-refractivity contribution in [3.8, 4) is 5.75 Å². The lowest BCUT2D eigenvalue weighted by Gasteiger charge is -2.17. The van der Waals surface area contributed by atoms with E-state index in [-0.39, 0.29) is 12.6 Å². The fourth-order valence-corrected chi connectivity index (χ4v) is 3.31. The molecule has 0 spiro atoms. The Morgan fingerprint density at radius 2 is 2.14 bits per heavy atom. The van der Waals surface area contributed by atoms with Gasteiger partial charge in [0.05, 0.1) is 27.9 Å². The molecule has 28 heavy (non-hydrogen) atoms. The highest BCUT2D eigenvalue weighted by Crippen LogP contribution is 2.25. The Morgan fingerprint density at radius 1 is 1.36 bits per heavy atom. The first-order chi connectivity index (χ1) is 13.4. The summed E-state index contributed by atoms with van der Waals surface area (Å²) in [5.41, 5.74) is 2.34. The molecule has 0 N–H and O–H groups in total. The van der Waals surface area contributed by atoms with Crippen LogP contribution in [0.25, 0.3) is 0 Å². The first-order valence-corrected chi connectivity index (χ1v) is 9.94. The third kappa shape index (κ3) is 4.56. The summed E-state index contributed by atoms with van der Waals surface area (Å²) in [6, 6.07) is 7.24. The van der Waals surface area contributed by atoms with Gasteiger partial charge in [-0.05, 0) is 53.5 Å². The minimum Gasteiger partial charge on any atom is -0.470 e. The van der Waals surface area contributed by atoms with Gasteiger partial charge in [0.25, 0.3) is 5.91 Å². The maximum Gasteiger partial charge on any atom is 0.274 e. The van der Waals surface area contributed by atoms with Crippen molar-refractivity contribution in [1.29, 1.82) is 0 Å². The Morgan fingerprint density at radius 3 is 2.89 bits per heavy atom. The lowest BCUT2D eigenvalue weighted by atomic mass is 10.2. The van der Waals surface area contributed by atoms with Crippen LogP contribution in [-0.4, -0.2) is 37.4 Å². The molecule has 0 unspecified atom stereocenters. The molecule has 2 aromatic heterocycles. The first kappa shape index (κ1) is 20.4. The number of ether oxygens (including phenoxy) is 1. The number of hydrogen-bond donors (Lipinski definition) is 0. The van der Waals surface area contributed by atoms with Crippen LogP contribution in [0, 0.1) is 6.92 Å². The zero-order valence-electron chi connectivity index (χ0n) is 15.9. The van der Waals surface area contributed by atoms with Crippen LogP contribution in [0.1, 0.15) is 28.7 Å². The molecular formula is C19H21BrClN5O2. The highest BCUT2D eigenvalue weighted by Gasteiger charge is 2.18. The number of aryl methyl sites for hydroxylation is 2. The fourth-order valence-electron chi connectivity index (χ4n) is 2.71. The van der Waals surface area contributed by atoms with E-state index in [0.29, 0.717) is 23.0 Å². The summed E-state index contributed by atoms with van der Waals surface area (Å²) in [5.74, 6) is 0.405. The molecule has 0 aliphatic carbocycles. The zero-order chi connectivity index (χ0) is 20.3. The molecule has 9 heteroatoms. The van der Waals surface area contributed by atoms with Crippen molar-refractivity contribution in [2.45, 2.75) is 33.7 Å². The van der Waals surface area contributed by atoms with Gasteiger partial charge in [0.15, 0.2) is 12.4 Å². The molecular weight excluding hydrogens is 446 g/mol. The number of rotatable bonds is 7. The van der Waals surface area contributed by atoms with E-state index in [0.717, 1.165) is 22.3 Å². The second kappa shape index (κ2) is 8.79. The van der Waals surface area contributed by atoms with Crippen molar-refractivity contribution in [3.05, 3.63) is 63.1 Å². The maximum absolute atomic E-state index is 12.7. The van der Waals surface area contributed by atoms with Gasteiger partial charge < -0.3 is 9.64 Å². The Balaban J connectivity index is 1.64. The Kier molecular flexibility index (Phi) is 6.41. The molecule has 0 atom stereocenters. The van der Waals surface area contributed by atoms with Gasteiger partial charge in [-0.3, -0.25) is 9.48 Å². The van der Waals surface area contributed by atoms with Crippen molar-refractivity contribution in [2.24, 2.45) is 0 Å². The average molecular weight is 467 g/mol. The second-order valence-corrected chi connectivity index (χ2v) is 7.63. The van der Waals surface area contributed by atoms with Crippen molar-refractivity contribution in [3.63, 3.8) is 0 Å². The highest BCUT2D eigenvalue weighted by atomic mass is 79.9. The second-order valence-electron chi connectivity index (χ2n) is 6.36. The number of benzene rings is 1. The van der Waals surface area contributed by atoms with Crippen molar-refractivity contribution in [2.75, 3.05) is 7.05 Å². The molecule has 0 saturated carbocycles. The van der Waals surface area contributed by atoms with Crippen LogP contribution in [0.15, 0.2) is 41.1 Å². The standard InChI is InChI=1S/C19H21BrClN5O2/c1-4-26-17(14(20)10-22-26)11-24(3)19(27)16-7-8-25(23-16)12-28-18-9-13(2)5-6-15(18)21/h5-10H,4,11-12H2,1-3H3. The summed E-state index contributed by atoms with van der Waals surface area (Å²) < 4.78 is 10.0. The molecule has 7 nitrogen and oxygen atoms in total. The molecule has 0 radical (unpaired) electrons. The largest absolute Gasteiger partial charge is 0.470 e. The summed E-state index contributed by atoms with van der Waals surface area (Å²) in [5, 5.41) is 9.12. The molecule has 148 valence electrons. The van der Waals surface area contributed by atoms with Gasteiger partial charge in [-0.15, -0.1) is 0 Å². The fraction of sp³-hybridized carbons (Fsp3) is 0.316. The van der Waals surface area contributed by atoms with Crippen LogP contribution in [0.4, 0.5) is 0 Å². The summed E-state index contributed by atoms with van der Waals surface area (Å²) in [4.78, 5) is 14.3. The summed E-state index contributed by atoms with van der Waals surface area (Å²) >= 11 is 9.62. The van der Waals surface area contributed by atoms with Crippen LogP contribution in [0.5, 0.6) is 5.75 Å². The van der Waals surface area contributed by atoms with E-state index >= 15 is 0 Å². The van der Waals surface area contributed by atoms with Gasteiger partial charge in [0, 0.05) is 19.8 Å². The van der Waals surface area contributed by atoms with Gasteiger partial charge in [0.1, 0.15) is 5.75 Å². The van der Waals surface area contributed by atoms with E-state index in [4.69, 9.17) is 16.3 Å². The molecule has 0 fully saturated rings. The van der Waals surface area contributed by atoms with Crippen molar-refractivity contribution >= 4 is 33.4 Å². The van der Waals surface area contributed by atoms with E-state index < -0.39 is 0 Å².